The second-order valence-electron chi connectivity index (χ2n) is 5.14. The predicted molar refractivity (Wildman–Crippen MR) is 74.1 cm³/mol. The Hall–Kier alpha value is -1.62. The summed E-state index contributed by atoms with van der Waals surface area (Å²) in [6.07, 6.45) is 3.10. The summed E-state index contributed by atoms with van der Waals surface area (Å²) < 4.78 is 0. The molecule has 1 aromatic rings. The van der Waals surface area contributed by atoms with Gasteiger partial charge in [0.05, 0.1) is 18.0 Å². The number of hydrogen-bond donors (Lipinski definition) is 2. The van der Waals surface area contributed by atoms with Crippen molar-refractivity contribution in [2.24, 2.45) is 5.92 Å². The molecule has 0 unspecified atom stereocenters. The van der Waals surface area contributed by atoms with Crippen LogP contribution in [-0.4, -0.2) is 47.1 Å². The molecule has 2 N–H and O–H groups in total. The monoisotopic (exact) mass is 263 g/mol. The molecule has 0 saturated heterocycles. The van der Waals surface area contributed by atoms with Crippen molar-refractivity contribution in [2.75, 3.05) is 25.5 Å². The average molecular weight is 263 g/mol. The summed E-state index contributed by atoms with van der Waals surface area (Å²) in [4.78, 5) is 18.0. The second-order valence-corrected chi connectivity index (χ2v) is 5.14. The number of carbonyl (C=O) groups excluding carboxylic acids is 1. The Bertz CT molecular complexity index is 427. The minimum Gasteiger partial charge on any atom is -0.393 e. The van der Waals surface area contributed by atoms with Gasteiger partial charge in [-0.15, -0.1) is 0 Å². The average Bonchev–Trinajstić information content (AvgIpc) is 2.37. The summed E-state index contributed by atoms with van der Waals surface area (Å²) >= 11 is 0. The molecule has 1 aliphatic carbocycles. The Balaban J connectivity index is 1.90. The zero-order chi connectivity index (χ0) is 13.8. The number of nitrogens with one attached hydrogen (secondary N) is 1. The molecule has 0 aromatic carbocycles. The molecule has 5 heteroatoms. The molecule has 5 nitrogen and oxygen atoms in total. The summed E-state index contributed by atoms with van der Waals surface area (Å²) in [6.45, 7) is 3.53. The number of aliphatic hydroxyl groups is 1. The van der Waals surface area contributed by atoms with Crippen LogP contribution in [0, 0.1) is 5.92 Å². The highest BCUT2D eigenvalue weighted by molar-refractivity contribution is 5.92. The molecule has 2 rings (SSSR count). The van der Waals surface area contributed by atoms with Crippen LogP contribution in [0.4, 0.5) is 5.69 Å². The standard InChI is InChI=1S/C14H21N3O2/c1-3-15-11-4-5-13(16-8-11)14(19)17(2)9-10-6-12(18)7-10/h4-5,8,10,12,15,18H,3,6-7,9H2,1-2H3. The van der Waals surface area contributed by atoms with Gasteiger partial charge in [-0.3, -0.25) is 4.79 Å². The van der Waals surface area contributed by atoms with Crippen LogP contribution in [0.2, 0.25) is 0 Å². The molecule has 0 bridgehead atoms. The molecule has 1 saturated carbocycles. The fourth-order valence-corrected chi connectivity index (χ4v) is 2.34. The molecule has 0 atom stereocenters. The maximum Gasteiger partial charge on any atom is 0.272 e. The van der Waals surface area contributed by atoms with Gasteiger partial charge in [0, 0.05) is 20.1 Å². The highest BCUT2D eigenvalue weighted by atomic mass is 16.3. The molecule has 1 amide bonds. The lowest BCUT2D eigenvalue weighted by atomic mass is 9.82. The summed E-state index contributed by atoms with van der Waals surface area (Å²) in [7, 11) is 1.78. The van der Waals surface area contributed by atoms with Crippen LogP contribution in [0.15, 0.2) is 18.3 Å². The van der Waals surface area contributed by atoms with E-state index in [1.807, 2.05) is 13.0 Å². The Morgan fingerprint density at radius 1 is 1.53 bits per heavy atom. The van der Waals surface area contributed by atoms with E-state index in [4.69, 9.17) is 0 Å². The van der Waals surface area contributed by atoms with E-state index in [2.05, 4.69) is 10.3 Å². The van der Waals surface area contributed by atoms with Gasteiger partial charge in [-0.1, -0.05) is 0 Å². The van der Waals surface area contributed by atoms with Gasteiger partial charge >= 0.3 is 0 Å². The van der Waals surface area contributed by atoms with Crippen LogP contribution in [0.1, 0.15) is 30.3 Å². The third-order valence-corrected chi connectivity index (χ3v) is 3.45. The van der Waals surface area contributed by atoms with Gasteiger partial charge in [-0.05, 0) is 37.8 Å². The topological polar surface area (TPSA) is 65.5 Å². The first kappa shape index (κ1) is 13.8. The maximum absolute atomic E-state index is 12.2. The smallest absolute Gasteiger partial charge is 0.272 e. The Morgan fingerprint density at radius 2 is 2.26 bits per heavy atom. The minimum absolute atomic E-state index is 0.0653. The first-order valence-corrected chi connectivity index (χ1v) is 6.73. The molecule has 0 spiro atoms. The van der Waals surface area contributed by atoms with Crippen molar-refractivity contribution in [3.63, 3.8) is 0 Å². The van der Waals surface area contributed by atoms with Gasteiger partial charge in [0.2, 0.25) is 0 Å². The molecule has 19 heavy (non-hydrogen) atoms. The van der Waals surface area contributed by atoms with Gasteiger partial charge in [-0.25, -0.2) is 4.98 Å². The first-order chi connectivity index (χ1) is 9.10. The number of pyridine rings is 1. The van der Waals surface area contributed by atoms with E-state index in [-0.39, 0.29) is 12.0 Å². The number of aliphatic hydroxyl groups excluding tert-OH is 1. The van der Waals surface area contributed by atoms with E-state index in [0.29, 0.717) is 18.2 Å². The molecule has 0 aliphatic heterocycles. The maximum atomic E-state index is 12.2. The predicted octanol–water partition coefficient (Wildman–Crippen LogP) is 1.36. The number of rotatable bonds is 5. The molecule has 1 fully saturated rings. The van der Waals surface area contributed by atoms with Crippen LogP contribution in [0.3, 0.4) is 0 Å². The third-order valence-electron chi connectivity index (χ3n) is 3.45. The summed E-state index contributed by atoms with van der Waals surface area (Å²) in [6, 6.07) is 3.61. The van der Waals surface area contributed by atoms with Crippen molar-refractivity contribution in [3.8, 4) is 0 Å². The van der Waals surface area contributed by atoms with E-state index < -0.39 is 0 Å². The number of nitrogens with zero attached hydrogens (tertiary/aromatic N) is 2. The first-order valence-electron chi connectivity index (χ1n) is 6.73. The molecule has 0 radical (unpaired) electrons. The molecule has 104 valence electrons. The number of anilines is 1. The SMILES string of the molecule is CCNc1ccc(C(=O)N(C)CC2CC(O)C2)nc1. The van der Waals surface area contributed by atoms with E-state index in [1.165, 1.54) is 0 Å². The molecule has 1 aliphatic rings. The van der Waals surface area contributed by atoms with Crippen molar-refractivity contribution in [2.45, 2.75) is 25.9 Å². The highest BCUT2D eigenvalue weighted by Gasteiger charge is 2.29. The van der Waals surface area contributed by atoms with Crippen molar-refractivity contribution < 1.29 is 9.90 Å². The lowest BCUT2D eigenvalue weighted by Crippen LogP contribution is -2.39. The fourth-order valence-electron chi connectivity index (χ4n) is 2.34. The molecular formula is C14H21N3O2. The lowest BCUT2D eigenvalue weighted by molar-refractivity contribution is 0.0264. The second kappa shape index (κ2) is 6.02. The van der Waals surface area contributed by atoms with Crippen molar-refractivity contribution >= 4 is 11.6 Å². The van der Waals surface area contributed by atoms with Crippen LogP contribution >= 0.6 is 0 Å². The van der Waals surface area contributed by atoms with Gasteiger partial charge in [0.15, 0.2) is 0 Å². The fraction of sp³-hybridized carbons (Fsp3) is 0.571. The molecular weight excluding hydrogens is 242 g/mol. The van der Waals surface area contributed by atoms with E-state index in [1.54, 1.807) is 24.2 Å². The van der Waals surface area contributed by atoms with E-state index in [0.717, 1.165) is 25.1 Å². The quantitative estimate of drug-likeness (QED) is 0.841. The molecule has 1 aromatic heterocycles. The largest absolute Gasteiger partial charge is 0.393 e. The van der Waals surface area contributed by atoms with Crippen LogP contribution in [0.25, 0.3) is 0 Å². The van der Waals surface area contributed by atoms with Gasteiger partial charge in [-0.2, -0.15) is 0 Å². The van der Waals surface area contributed by atoms with Gasteiger partial charge in [0.1, 0.15) is 5.69 Å². The number of amides is 1. The number of hydrogen-bond acceptors (Lipinski definition) is 4. The zero-order valence-corrected chi connectivity index (χ0v) is 11.5. The van der Waals surface area contributed by atoms with E-state index in [9.17, 15) is 9.90 Å². The van der Waals surface area contributed by atoms with E-state index >= 15 is 0 Å². The van der Waals surface area contributed by atoms with Crippen molar-refractivity contribution in [1.29, 1.82) is 0 Å². The Morgan fingerprint density at radius 3 is 2.79 bits per heavy atom. The Labute approximate surface area is 113 Å². The van der Waals surface area contributed by atoms with Crippen molar-refractivity contribution in [3.05, 3.63) is 24.0 Å². The van der Waals surface area contributed by atoms with Gasteiger partial charge in [0.25, 0.3) is 5.91 Å². The zero-order valence-electron chi connectivity index (χ0n) is 11.5. The number of aromatic nitrogens is 1. The van der Waals surface area contributed by atoms with Crippen LogP contribution in [0.5, 0.6) is 0 Å². The minimum atomic E-state index is -0.175. The highest BCUT2D eigenvalue weighted by Crippen LogP contribution is 2.27. The van der Waals surface area contributed by atoms with Gasteiger partial charge < -0.3 is 15.3 Å². The van der Waals surface area contributed by atoms with Crippen LogP contribution in [-0.2, 0) is 0 Å². The van der Waals surface area contributed by atoms with Crippen molar-refractivity contribution in [1.82, 2.24) is 9.88 Å². The summed E-state index contributed by atoms with van der Waals surface area (Å²) in [5, 5.41) is 12.4. The Kier molecular flexibility index (Phi) is 4.37. The normalized spacial score (nSPS) is 21.6. The molecule has 1 heterocycles. The summed E-state index contributed by atoms with van der Waals surface area (Å²) in [5.41, 5.74) is 1.38. The number of carbonyl (C=O) groups is 1. The summed E-state index contributed by atoms with van der Waals surface area (Å²) in [5.74, 6) is 0.356. The third kappa shape index (κ3) is 3.44. The lowest BCUT2D eigenvalue weighted by Gasteiger charge is -2.34. The van der Waals surface area contributed by atoms with Crippen LogP contribution < -0.4 is 5.32 Å².